The van der Waals surface area contributed by atoms with Crippen LogP contribution in [0.15, 0.2) is 0 Å². The van der Waals surface area contributed by atoms with Crippen molar-refractivity contribution in [3.8, 4) is 0 Å². The van der Waals surface area contributed by atoms with Crippen LogP contribution in [0.2, 0.25) is 0 Å². The molecule has 1 saturated heterocycles. The smallest absolute Gasteiger partial charge is 0.0220 e. The Labute approximate surface area is 108 Å². The lowest BCUT2D eigenvalue weighted by atomic mass is 9.78. The Morgan fingerprint density at radius 3 is 2.29 bits per heavy atom. The first kappa shape index (κ1) is 15.0. The topological polar surface area (TPSA) is 15.3 Å². The summed E-state index contributed by atoms with van der Waals surface area (Å²) in [4.78, 5) is 2.73. The van der Waals surface area contributed by atoms with Crippen molar-refractivity contribution in [2.45, 2.75) is 65.8 Å². The minimum absolute atomic E-state index is 0.617. The normalized spacial score (nSPS) is 22.6. The number of hydrogen-bond acceptors (Lipinski definition) is 2. The molecule has 1 fully saturated rings. The molecule has 0 aromatic carbocycles. The highest BCUT2D eigenvalue weighted by Crippen LogP contribution is 2.34. The van der Waals surface area contributed by atoms with E-state index in [4.69, 9.17) is 0 Å². The SMILES string of the molecule is CCCC(CNCC)N1CCC(C)(CC)CC1. The standard InChI is InChI=1S/C15H32N2/c1-5-8-14(13-16-7-3)17-11-9-15(4,6-2)10-12-17/h14,16H,5-13H2,1-4H3. The van der Waals surface area contributed by atoms with Crippen molar-refractivity contribution in [3.63, 3.8) is 0 Å². The molecule has 1 heterocycles. The Morgan fingerprint density at radius 2 is 1.82 bits per heavy atom. The van der Waals surface area contributed by atoms with Gasteiger partial charge in [-0.25, -0.2) is 0 Å². The van der Waals surface area contributed by atoms with Crippen LogP contribution in [0.25, 0.3) is 0 Å². The van der Waals surface area contributed by atoms with E-state index in [1.165, 1.54) is 51.7 Å². The monoisotopic (exact) mass is 240 g/mol. The van der Waals surface area contributed by atoms with Gasteiger partial charge in [-0.2, -0.15) is 0 Å². The molecule has 1 atom stereocenters. The van der Waals surface area contributed by atoms with Crippen molar-refractivity contribution in [2.24, 2.45) is 5.41 Å². The Kier molecular flexibility index (Phi) is 6.50. The third-order valence-corrected chi connectivity index (χ3v) is 4.63. The minimum Gasteiger partial charge on any atom is -0.315 e. The average Bonchev–Trinajstić information content (AvgIpc) is 2.36. The summed E-state index contributed by atoms with van der Waals surface area (Å²) in [5, 5.41) is 3.52. The molecule has 0 aromatic rings. The molecule has 0 spiro atoms. The Bertz CT molecular complexity index is 195. The maximum atomic E-state index is 3.52. The van der Waals surface area contributed by atoms with Crippen LogP contribution >= 0.6 is 0 Å². The zero-order chi connectivity index (χ0) is 12.7. The van der Waals surface area contributed by atoms with Gasteiger partial charge in [0.05, 0.1) is 0 Å². The van der Waals surface area contributed by atoms with Crippen LogP contribution in [0.3, 0.4) is 0 Å². The van der Waals surface area contributed by atoms with Crippen molar-refractivity contribution in [3.05, 3.63) is 0 Å². The first-order valence-electron chi connectivity index (χ1n) is 7.60. The fraction of sp³-hybridized carbons (Fsp3) is 1.00. The van der Waals surface area contributed by atoms with E-state index in [9.17, 15) is 0 Å². The van der Waals surface area contributed by atoms with E-state index in [1.54, 1.807) is 0 Å². The largest absolute Gasteiger partial charge is 0.315 e. The molecule has 0 aliphatic carbocycles. The predicted molar refractivity (Wildman–Crippen MR) is 76.4 cm³/mol. The molecule has 1 unspecified atom stereocenters. The summed E-state index contributed by atoms with van der Waals surface area (Å²) < 4.78 is 0. The molecule has 17 heavy (non-hydrogen) atoms. The summed E-state index contributed by atoms with van der Waals surface area (Å²) in [5.41, 5.74) is 0.617. The summed E-state index contributed by atoms with van der Waals surface area (Å²) in [6.07, 6.45) is 6.76. The van der Waals surface area contributed by atoms with E-state index in [1.807, 2.05) is 0 Å². The van der Waals surface area contributed by atoms with Crippen molar-refractivity contribution < 1.29 is 0 Å². The third-order valence-electron chi connectivity index (χ3n) is 4.63. The Morgan fingerprint density at radius 1 is 1.18 bits per heavy atom. The zero-order valence-electron chi connectivity index (χ0n) is 12.4. The second-order valence-electron chi connectivity index (χ2n) is 5.95. The lowest BCUT2D eigenvalue weighted by molar-refractivity contribution is 0.0765. The second-order valence-corrected chi connectivity index (χ2v) is 5.95. The molecule has 1 rings (SSSR count). The third kappa shape index (κ3) is 4.59. The number of nitrogens with one attached hydrogen (secondary N) is 1. The molecule has 1 aliphatic rings. The van der Waals surface area contributed by atoms with Gasteiger partial charge in [0, 0.05) is 12.6 Å². The number of hydrogen-bond donors (Lipinski definition) is 1. The van der Waals surface area contributed by atoms with Crippen LogP contribution in [-0.2, 0) is 0 Å². The highest BCUT2D eigenvalue weighted by Gasteiger charge is 2.30. The molecule has 2 nitrogen and oxygen atoms in total. The van der Waals surface area contributed by atoms with Crippen molar-refractivity contribution in [2.75, 3.05) is 26.2 Å². The summed E-state index contributed by atoms with van der Waals surface area (Å²) >= 11 is 0. The maximum Gasteiger partial charge on any atom is 0.0220 e. The molecule has 0 amide bonds. The molecule has 0 aromatic heterocycles. The van der Waals surface area contributed by atoms with Gasteiger partial charge in [0.15, 0.2) is 0 Å². The molecule has 2 heteroatoms. The van der Waals surface area contributed by atoms with Gasteiger partial charge < -0.3 is 5.32 Å². The average molecular weight is 240 g/mol. The van der Waals surface area contributed by atoms with E-state index >= 15 is 0 Å². The summed E-state index contributed by atoms with van der Waals surface area (Å²) in [6.45, 7) is 14.2. The number of likely N-dealkylation sites (N-methyl/N-ethyl adjacent to an activating group) is 1. The summed E-state index contributed by atoms with van der Waals surface area (Å²) in [6, 6.07) is 0.765. The number of piperidine rings is 1. The van der Waals surface area contributed by atoms with Crippen LogP contribution in [-0.4, -0.2) is 37.1 Å². The van der Waals surface area contributed by atoms with Gasteiger partial charge in [0.1, 0.15) is 0 Å². The highest BCUT2D eigenvalue weighted by molar-refractivity contribution is 4.85. The van der Waals surface area contributed by atoms with Crippen molar-refractivity contribution in [1.82, 2.24) is 10.2 Å². The van der Waals surface area contributed by atoms with Crippen LogP contribution in [0.4, 0.5) is 0 Å². The summed E-state index contributed by atoms with van der Waals surface area (Å²) in [7, 11) is 0. The van der Waals surface area contributed by atoms with E-state index in [0.29, 0.717) is 5.41 Å². The number of rotatable bonds is 7. The van der Waals surface area contributed by atoms with Gasteiger partial charge in [-0.15, -0.1) is 0 Å². The van der Waals surface area contributed by atoms with Crippen LogP contribution < -0.4 is 5.32 Å². The van der Waals surface area contributed by atoms with E-state index in [2.05, 4.69) is 37.9 Å². The molecule has 0 bridgehead atoms. The lowest BCUT2D eigenvalue weighted by Gasteiger charge is -2.42. The lowest BCUT2D eigenvalue weighted by Crippen LogP contribution is -2.48. The van der Waals surface area contributed by atoms with Crippen LogP contribution in [0.1, 0.15) is 59.8 Å². The molecular weight excluding hydrogens is 208 g/mol. The Balaban J connectivity index is 2.42. The quantitative estimate of drug-likeness (QED) is 0.735. The molecular formula is C15H32N2. The van der Waals surface area contributed by atoms with Crippen molar-refractivity contribution >= 4 is 0 Å². The van der Waals surface area contributed by atoms with Gasteiger partial charge in [0.2, 0.25) is 0 Å². The van der Waals surface area contributed by atoms with Gasteiger partial charge in [-0.05, 0) is 44.3 Å². The van der Waals surface area contributed by atoms with Crippen molar-refractivity contribution in [1.29, 1.82) is 0 Å². The van der Waals surface area contributed by atoms with Gasteiger partial charge in [-0.1, -0.05) is 40.5 Å². The zero-order valence-corrected chi connectivity index (χ0v) is 12.4. The van der Waals surface area contributed by atoms with Gasteiger partial charge >= 0.3 is 0 Å². The maximum absolute atomic E-state index is 3.52. The van der Waals surface area contributed by atoms with E-state index in [-0.39, 0.29) is 0 Å². The molecule has 1 N–H and O–H groups in total. The molecule has 0 saturated carbocycles. The fourth-order valence-electron chi connectivity index (χ4n) is 2.84. The fourth-order valence-corrected chi connectivity index (χ4v) is 2.84. The van der Waals surface area contributed by atoms with E-state index in [0.717, 1.165) is 12.6 Å². The number of nitrogens with zero attached hydrogens (tertiary/aromatic N) is 1. The first-order valence-corrected chi connectivity index (χ1v) is 7.60. The highest BCUT2D eigenvalue weighted by atomic mass is 15.2. The first-order chi connectivity index (χ1) is 8.15. The number of likely N-dealkylation sites (tertiary alicyclic amines) is 1. The second kappa shape index (κ2) is 7.38. The summed E-state index contributed by atoms with van der Waals surface area (Å²) in [5.74, 6) is 0. The molecule has 1 aliphatic heterocycles. The molecule has 0 radical (unpaired) electrons. The van der Waals surface area contributed by atoms with E-state index < -0.39 is 0 Å². The van der Waals surface area contributed by atoms with Crippen LogP contribution in [0.5, 0.6) is 0 Å². The predicted octanol–water partition coefficient (Wildman–Crippen LogP) is 3.28. The van der Waals surface area contributed by atoms with Crippen LogP contribution in [0, 0.1) is 5.41 Å². The van der Waals surface area contributed by atoms with Gasteiger partial charge in [0.25, 0.3) is 0 Å². The Hall–Kier alpha value is -0.0800. The van der Waals surface area contributed by atoms with Gasteiger partial charge in [-0.3, -0.25) is 4.90 Å². The minimum atomic E-state index is 0.617. The molecule has 102 valence electrons.